The molecule has 0 fully saturated rings. The van der Waals surface area contributed by atoms with Gasteiger partial charge in [0.25, 0.3) is 0 Å². The SMILES string of the molecule is O=C(NCC=Cc1ccc(-c2ccc(Cl)cc2)cc1)OCC1c2ccccc2-c2ccccc21. The van der Waals surface area contributed by atoms with Crippen molar-refractivity contribution in [1.82, 2.24) is 5.32 Å². The van der Waals surface area contributed by atoms with Gasteiger partial charge >= 0.3 is 6.09 Å². The molecule has 4 heteroatoms. The zero-order valence-electron chi connectivity index (χ0n) is 18.6. The second-order valence-electron chi connectivity index (χ2n) is 8.24. The highest BCUT2D eigenvalue weighted by Gasteiger charge is 2.28. The summed E-state index contributed by atoms with van der Waals surface area (Å²) >= 11 is 5.96. The molecule has 5 rings (SSSR count). The van der Waals surface area contributed by atoms with E-state index in [4.69, 9.17) is 16.3 Å². The molecule has 34 heavy (non-hydrogen) atoms. The van der Waals surface area contributed by atoms with Gasteiger partial charge < -0.3 is 10.1 Å². The Morgan fingerprint density at radius 3 is 1.97 bits per heavy atom. The van der Waals surface area contributed by atoms with Gasteiger partial charge in [-0.15, -0.1) is 0 Å². The predicted molar refractivity (Wildman–Crippen MR) is 139 cm³/mol. The zero-order valence-corrected chi connectivity index (χ0v) is 19.3. The molecular formula is C30H24ClNO2. The van der Waals surface area contributed by atoms with Crippen molar-refractivity contribution in [2.45, 2.75) is 5.92 Å². The van der Waals surface area contributed by atoms with Crippen molar-refractivity contribution in [3.05, 3.63) is 125 Å². The summed E-state index contributed by atoms with van der Waals surface area (Å²) in [5.74, 6) is 0.0628. The first-order chi connectivity index (χ1) is 16.7. The van der Waals surface area contributed by atoms with Crippen LogP contribution in [0.5, 0.6) is 0 Å². The van der Waals surface area contributed by atoms with Gasteiger partial charge in [-0.1, -0.05) is 109 Å². The van der Waals surface area contributed by atoms with Crippen molar-refractivity contribution in [3.63, 3.8) is 0 Å². The Bertz CT molecular complexity index is 1280. The summed E-state index contributed by atoms with van der Waals surface area (Å²) in [7, 11) is 0. The quantitative estimate of drug-likeness (QED) is 0.319. The van der Waals surface area contributed by atoms with Gasteiger partial charge in [0.2, 0.25) is 0 Å². The number of fused-ring (bicyclic) bond motifs is 3. The third kappa shape index (κ3) is 4.75. The number of benzene rings is 4. The fraction of sp³-hybridized carbons (Fsp3) is 0.100. The third-order valence-corrected chi connectivity index (χ3v) is 6.36. The highest BCUT2D eigenvalue weighted by molar-refractivity contribution is 6.30. The van der Waals surface area contributed by atoms with Crippen LogP contribution in [0.1, 0.15) is 22.6 Å². The average molecular weight is 466 g/mol. The minimum absolute atomic E-state index is 0.0628. The molecule has 0 atom stereocenters. The lowest BCUT2D eigenvalue weighted by molar-refractivity contribution is 0.144. The van der Waals surface area contributed by atoms with Crippen LogP contribution in [0, 0.1) is 0 Å². The first-order valence-corrected chi connectivity index (χ1v) is 11.7. The molecule has 0 aromatic heterocycles. The molecule has 3 nitrogen and oxygen atoms in total. The normalized spacial score (nSPS) is 12.4. The maximum atomic E-state index is 12.3. The van der Waals surface area contributed by atoms with Crippen molar-refractivity contribution in [3.8, 4) is 22.3 Å². The molecule has 4 aromatic rings. The fourth-order valence-electron chi connectivity index (χ4n) is 4.42. The van der Waals surface area contributed by atoms with Crippen LogP contribution in [0.4, 0.5) is 4.79 Å². The second kappa shape index (κ2) is 9.98. The van der Waals surface area contributed by atoms with Crippen molar-refractivity contribution >= 4 is 23.8 Å². The van der Waals surface area contributed by atoms with E-state index in [0.717, 1.165) is 21.7 Å². The Morgan fingerprint density at radius 1 is 0.794 bits per heavy atom. The summed E-state index contributed by atoms with van der Waals surface area (Å²) in [4.78, 5) is 12.3. The summed E-state index contributed by atoms with van der Waals surface area (Å²) in [6.45, 7) is 0.714. The van der Waals surface area contributed by atoms with Crippen LogP contribution in [-0.2, 0) is 4.74 Å². The predicted octanol–water partition coefficient (Wildman–Crippen LogP) is 7.56. The molecule has 4 aromatic carbocycles. The molecule has 0 aliphatic heterocycles. The van der Waals surface area contributed by atoms with E-state index in [-0.39, 0.29) is 5.92 Å². The highest BCUT2D eigenvalue weighted by atomic mass is 35.5. The van der Waals surface area contributed by atoms with Crippen LogP contribution in [-0.4, -0.2) is 19.2 Å². The van der Waals surface area contributed by atoms with Crippen molar-refractivity contribution in [1.29, 1.82) is 0 Å². The Balaban J connectivity index is 1.13. The van der Waals surface area contributed by atoms with Crippen molar-refractivity contribution < 1.29 is 9.53 Å². The average Bonchev–Trinajstić information content (AvgIpc) is 3.20. The number of alkyl carbamates (subject to hydrolysis) is 1. The maximum Gasteiger partial charge on any atom is 0.407 e. The molecule has 1 aliphatic carbocycles. The molecule has 0 radical (unpaired) electrons. The molecule has 168 valence electrons. The summed E-state index contributed by atoms with van der Waals surface area (Å²) in [5, 5.41) is 3.54. The Hall–Kier alpha value is -3.82. The van der Waals surface area contributed by atoms with Crippen LogP contribution < -0.4 is 5.32 Å². The fourth-order valence-corrected chi connectivity index (χ4v) is 4.54. The minimum Gasteiger partial charge on any atom is -0.449 e. The first kappa shape index (κ1) is 22.0. The second-order valence-corrected chi connectivity index (χ2v) is 8.67. The Kier molecular flexibility index (Phi) is 6.46. The number of carbonyl (C=O) groups excluding carboxylic acids is 1. The van der Waals surface area contributed by atoms with Crippen molar-refractivity contribution in [2.24, 2.45) is 0 Å². The Labute approximate surface area is 204 Å². The van der Waals surface area contributed by atoms with Crippen molar-refractivity contribution in [2.75, 3.05) is 13.2 Å². The monoisotopic (exact) mass is 465 g/mol. The lowest BCUT2D eigenvalue weighted by Crippen LogP contribution is -2.26. The van der Waals surface area contributed by atoms with Gasteiger partial charge in [0.1, 0.15) is 6.61 Å². The van der Waals surface area contributed by atoms with Gasteiger partial charge in [-0.3, -0.25) is 0 Å². The van der Waals surface area contributed by atoms with E-state index in [2.05, 4.69) is 41.7 Å². The molecular weight excluding hydrogens is 442 g/mol. The van der Waals surface area contributed by atoms with Crippen LogP contribution in [0.15, 0.2) is 103 Å². The van der Waals surface area contributed by atoms with Crippen LogP contribution in [0.2, 0.25) is 5.02 Å². The number of nitrogens with one attached hydrogen (secondary N) is 1. The maximum absolute atomic E-state index is 12.3. The molecule has 1 amide bonds. The van der Waals surface area contributed by atoms with Gasteiger partial charge in [0, 0.05) is 17.5 Å². The number of ether oxygens (including phenoxy) is 1. The lowest BCUT2D eigenvalue weighted by Gasteiger charge is -2.14. The van der Waals surface area contributed by atoms with Crippen LogP contribution in [0.25, 0.3) is 28.3 Å². The molecule has 0 heterocycles. The number of hydrogen-bond acceptors (Lipinski definition) is 2. The number of amides is 1. The highest BCUT2D eigenvalue weighted by Crippen LogP contribution is 2.44. The molecule has 0 bridgehead atoms. The summed E-state index contributed by atoms with van der Waals surface area (Å²) < 4.78 is 5.57. The number of carbonyl (C=O) groups is 1. The van der Waals surface area contributed by atoms with E-state index >= 15 is 0 Å². The minimum atomic E-state index is -0.412. The number of hydrogen-bond donors (Lipinski definition) is 1. The summed E-state index contributed by atoms with van der Waals surface area (Å²) in [5.41, 5.74) is 8.17. The van der Waals surface area contributed by atoms with E-state index in [9.17, 15) is 4.79 Å². The molecule has 0 spiro atoms. The standard InChI is InChI=1S/C30H24ClNO2/c31-24-17-15-23(16-18-24)22-13-11-21(12-14-22)6-5-19-32-30(33)34-20-29-27-9-3-1-7-25(27)26-8-2-4-10-28(26)29/h1-18,29H,19-20H2,(H,32,33). The largest absolute Gasteiger partial charge is 0.449 e. The molecule has 1 N–H and O–H groups in total. The van der Waals surface area contributed by atoms with E-state index in [1.807, 2.05) is 72.8 Å². The molecule has 1 aliphatic rings. The zero-order chi connectivity index (χ0) is 23.3. The van der Waals surface area contributed by atoms with E-state index < -0.39 is 6.09 Å². The number of halogens is 1. The Morgan fingerprint density at radius 2 is 1.35 bits per heavy atom. The molecule has 0 saturated heterocycles. The van der Waals surface area contributed by atoms with E-state index in [1.165, 1.54) is 22.3 Å². The van der Waals surface area contributed by atoms with Gasteiger partial charge in [-0.2, -0.15) is 0 Å². The van der Waals surface area contributed by atoms with Gasteiger partial charge in [0.05, 0.1) is 0 Å². The molecule has 0 unspecified atom stereocenters. The van der Waals surface area contributed by atoms with E-state index in [0.29, 0.717) is 13.2 Å². The smallest absolute Gasteiger partial charge is 0.407 e. The van der Waals surface area contributed by atoms with E-state index in [1.54, 1.807) is 0 Å². The molecule has 0 saturated carbocycles. The summed E-state index contributed by atoms with van der Waals surface area (Å²) in [6.07, 6.45) is 3.48. The van der Waals surface area contributed by atoms with Crippen LogP contribution in [0.3, 0.4) is 0 Å². The topological polar surface area (TPSA) is 38.3 Å². The first-order valence-electron chi connectivity index (χ1n) is 11.3. The lowest BCUT2D eigenvalue weighted by atomic mass is 9.98. The van der Waals surface area contributed by atoms with Gasteiger partial charge in [-0.25, -0.2) is 4.79 Å². The third-order valence-electron chi connectivity index (χ3n) is 6.11. The number of rotatable bonds is 6. The summed E-state index contributed by atoms with van der Waals surface area (Å²) in [6, 6.07) is 32.7. The van der Waals surface area contributed by atoms with Gasteiger partial charge in [-0.05, 0) is 51.1 Å². The van der Waals surface area contributed by atoms with Crippen LogP contribution >= 0.6 is 11.6 Å². The van der Waals surface area contributed by atoms with Gasteiger partial charge in [0.15, 0.2) is 0 Å².